The lowest BCUT2D eigenvalue weighted by molar-refractivity contribution is -0.143. The molecule has 208 valence electrons. The third-order valence-corrected chi connectivity index (χ3v) is 7.48. The quantitative estimate of drug-likeness (QED) is 0.288. The lowest BCUT2D eigenvalue weighted by Gasteiger charge is -2.32. The van der Waals surface area contributed by atoms with E-state index in [4.69, 9.17) is 15.7 Å². The maximum Gasteiger partial charge on any atom is 0.417 e. The second-order valence-corrected chi connectivity index (χ2v) is 9.81. The van der Waals surface area contributed by atoms with E-state index in [2.05, 4.69) is 19.4 Å². The molecule has 0 saturated carbocycles. The minimum atomic E-state index is -4.75. The molecule has 4 N–H and O–H groups in total. The Morgan fingerprint density at radius 3 is 2.80 bits per heavy atom. The van der Waals surface area contributed by atoms with Gasteiger partial charge in [0.1, 0.15) is 17.7 Å². The van der Waals surface area contributed by atoms with E-state index in [1.807, 2.05) is 0 Å². The predicted molar refractivity (Wildman–Crippen MR) is 140 cm³/mol. The van der Waals surface area contributed by atoms with Gasteiger partial charge in [0.2, 0.25) is 0 Å². The van der Waals surface area contributed by atoms with Gasteiger partial charge in [-0.2, -0.15) is 22.8 Å². The molecule has 1 aliphatic rings. The molecule has 2 unspecified atom stereocenters. The number of benzene rings is 2. The van der Waals surface area contributed by atoms with Crippen molar-refractivity contribution in [2.75, 3.05) is 23.8 Å². The van der Waals surface area contributed by atoms with Crippen LogP contribution in [0, 0.1) is 11.3 Å². The van der Waals surface area contributed by atoms with Crippen LogP contribution >= 0.6 is 11.5 Å². The van der Waals surface area contributed by atoms with Crippen molar-refractivity contribution in [2.24, 2.45) is 0 Å². The van der Waals surface area contributed by atoms with E-state index >= 15 is 0 Å². The average Bonchev–Trinajstić information content (AvgIpc) is 3.59. The molecule has 4 heterocycles. The number of nitrogens with one attached hydrogen (secondary N) is 1. The number of morpholine rings is 1. The number of rotatable bonds is 4. The number of aromatic amines is 1. The molecule has 2 aromatic carbocycles. The minimum absolute atomic E-state index is 0.00596. The molecule has 0 aliphatic carbocycles. The number of hydrogen-bond donors (Lipinski definition) is 3. The van der Waals surface area contributed by atoms with Crippen LogP contribution in [0.25, 0.3) is 26.7 Å². The first-order valence-electron chi connectivity index (χ1n) is 11.9. The summed E-state index contributed by atoms with van der Waals surface area (Å²) in [6.07, 6.45) is -6.50. The van der Waals surface area contributed by atoms with E-state index in [-0.39, 0.29) is 47.2 Å². The van der Waals surface area contributed by atoms with Gasteiger partial charge in [0, 0.05) is 17.6 Å². The van der Waals surface area contributed by atoms with E-state index < -0.39 is 41.0 Å². The number of anilines is 2. The fraction of sp³-hybridized carbons (Fsp3) is 0.200. The number of nitriles is 1. The van der Waals surface area contributed by atoms with E-state index in [0.717, 1.165) is 28.3 Å². The van der Waals surface area contributed by atoms with Crippen molar-refractivity contribution in [1.82, 2.24) is 24.1 Å². The molecule has 1 aliphatic heterocycles. The number of nitrogens with zero attached hydrogens (tertiary/aromatic N) is 6. The van der Waals surface area contributed by atoms with Gasteiger partial charge in [-0.05, 0) is 41.9 Å². The summed E-state index contributed by atoms with van der Waals surface area (Å²) in [4.78, 5) is 34.3. The molecule has 12 nitrogen and oxygen atoms in total. The van der Waals surface area contributed by atoms with Gasteiger partial charge in [0.15, 0.2) is 11.9 Å². The number of carbonyl (C=O) groups is 1. The Morgan fingerprint density at radius 2 is 2.05 bits per heavy atom. The second kappa shape index (κ2) is 9.66. The number of aliphatic hydroxyl groups is 1. The number of nitrogen functional groups attached to an aromatic ring is 1. The highest BCUT2D eigenvalue weighted by molar-refractivity contribution is 7.14. The Bertz CT molecular complexity index is 1940. The Balaban J connectivity index is 1.28. The van der Waals surface area contributed by atoms with Crippen LogP contribution in [0.4, 0.5) is 24.8 Å². The monoisotopic (exact) mass is 582 g/mol. The van der Waals surface area contributed by atoms with Crippen LogP contribution in [0.1, 0.15) is 23.1 Å². The normalized spacial score (nSPS) is 16.8. The third-order valence-electron chi connectivity index (χ3n) is 6.59. The first-order valence-corrected chi connectivity index (χ1v) is 12.7. The van der Waals surface area contributed by atoms with Crippen molar-refractivity contribution in [3.63, 3.8) is 0 Å². The number of aliphatic hydroxyl groups excluding tert-OH is 1. The van der Waals surface area contributed by atoms with Crippen molar-refractivity contribution in [1.29, 1.82) is 5.26 Å². The fourth-order valence-electron chi connectivity index (χ4n) is 4.61. The van der Waals surface area contributed by atoms with Gasteiger partial charge in [-0.3, -0.25) is 14.5 Å². The number of aromatic nitrogens is 5. The fourth-order valence-corrected chi connectivity index (χ4v) is 5.46. The molecular formula is C25H17F3N8O4S. The summed E-state index contributed by atoms with van der Waals surface area (Å²) >= 11 is 1.04. The molecule has 0 radical (unpaired) electrons. The van der Waals surface area contributed by atoms with Crippen LogP contribution < -0.4 is 16.2 Å². The summed E-state index contributed by atoms with van der Waals surface area (Å²) in [6.45, 7) is 0.0423. The van der Waals surface area contributed by atoms with Crippen molar-refractivity contribution in [2.45, 2.75) is 18.4 Å². The van der Waals surface area contributed by atoms with Crippen molar-refractivity contribution in [3.05, 3.63) is 69.9 Å². The van der Waals surface area contributed by atoms with Gasteiger partial charge in [-0.15, -0.1) is 5.10 Å². The van der Waals surface area contributed by atoms with Crippen LogP contribution in [0.2, 0.25) is 0 Å². The van der Waals surface area contributed by atoms with Crippen molar-refractivity contribution in [3.8, 4) is 11.8 Å². The highest BCUT2D eigenvalue weighted by Gasteiger charge is 2.39. The number of amides is 1. The molecule has 1 amide bonds. The molecular weight excluding hydrogens is 565 g/mol. The molecule has 2 atom stereocenters. The molecule has 0 spiro atoms. The topological polar surface area (TPSA) is 176 Å². The highest BCUT2D eigenvalue weighted by Crippen LogP contribution is 2.34. The largest absolute Gasteiger partial charge is 0.417 e. The molecule has 5 aromatic rings. The van der Waals surface area contributed by atoms with Crippen LogP contribution in [-0.2, 0) is 15.7 Å². The lowest BCUT2D eigenvalue weighted by atomic mass is 10.1. The predicted octanol–water partition coefficient (Wildman–Crippen LogP) is 2.66. The maximum absolute atomic E-state index is 13.4. The summed E-state index contributed by atoms with van der Waals surface area (Å²) in [5.74, 6) is -0.516. The van der Waals surface area contributed by atoms with E-state index in [1.54, 1.807) is 12.1 Å². The van der Waals surface area contributed by atoms with Crippen LogP contribution in [0.5, 0.6) is 0 Å². The SMILES string of the molecule is N#Cc1ccc(-n2ccc(N3CCOC(C(O)c4nc5ccc6c(N)nsc6c5c(=O)[nH]4)C3=O)n2)cc1C(F)(F)F. The molecule has 41 heavy (non-hydrogen) atoms. The molecule has 0 bridgehead atoms. The number of halogens is 3. The Kier molecular flexibility index (Phi) is 6.21. The zero-order valence-corrected chi connectivity index (χ0v) is 21.4. The summed E-state index contributed by atoms with van der Waals surface area (Å²) in [6, 6.07) is 9.28. The molecule has 1 saturated heterocycles. The maximum atomic E-state index is 13.4. The Labute approximate surface area is 231 Å². The summed E-state index contributed by atoms with van der Waals surface area (Å²) < 4.78 is 51.5. The molecule has 1 fully saturated rings. The Hall–Kier alpha value is -4.85. The van der Waals surface area contributed by atoms with Gasteiger partial charge >= 0.3 is 6.18 Å². The number of H-pyrrole nitrogens is 1. The van der Waals surface area contributed by atoms with Gasteiger partial charge in [0.05, 0.1) is 51.6 Å². The van der Waals surface area contributed by atoms with E-state index in [0.29, 0.717) is 10.1 Å². The number of hydrogen-bond acceptors (Lipinski definition) is 10. The summed E-state index contributed by atoms with van der Waals surface area (Å²) in [7, 11) is 0. The first-order chi connectivity index (χ1) is 19.6. The van der Waals surface area contributed by atoms with Crippen LogP contribution in [0.15, 0.2) is 47.4 Å². The van der Waals surface area contributed by atoms with Gasteiger partial charge in [-0.25, -0.2) is 9.67 Å². The first kappa shape index (κ1) is 26.4. The van der Waals surface area contributed by atoms with Crippen LogP contribution in [-0.4, -0.2) is 54.4 Å². The third kappa shape index (κ3) is 4.45. The number of alkyl halides is 3. The average molecular weight is 583 g/mol. The van der Waals surface area contributed by atoms with Crippen molar-refractivity contribution >= 4 is 50.1 Å². The van der Waals surface area contributed by atoms with E-state index in [9.17, 15) is 27.9 Å². The minimum Gasteiger partial charge on any atom is -0.382 e. The van der Waals surface area contributed by atoms with E-state index in [1.165, 1.54) is 29.3 Å². The van der Waals surface area contributed by atoms with Crippen molar-refractivity contribution < 1.29 is 27.8 Å². The van der Waals surface area contributed by atoms with Crippen LogP contribution in [0.3, 0.4) is 0 Å². The zero-order chi connectivity index (χ0) is 29.1. The number of ether oxygens (including phenoxy) is 1. The summed E-state index contributed by atoms with van der Waals surface area (Å²) in [5, 5.41) is 25.1. The molecule has 6 rings (SSSR count). The standard InChI is InChI=1S/C25H17F3N8O4S/c26-25(27,28)14-9-12(2-1-11(14)10-29)36-6-5-16(33-36)35-7-8-40-19(24(35)39)18(37)22-31-15-4-3-13-20(41-34-21(13)30)17(15)23(38)32-22/h1-6,9,18-19,37H,7-8H2,(H2,30,34)(H,31,32,38). The van der Waals surface area contributed by atoms with Gasteiger partial charge in [0.25, 0.3) is 11.5 Å². The molecule has 3 aromatic heterocycles. The number of nitrogens with two attached hydrogens (primary N) is 1. The second-order valence-electron chi connectivity index (χ2n) is 9.04. The zero-order valence-electron chi connectivity index (χ0n) is 20.6. The lowest BCUT2D eigenvalue weighted by Crippen LogP contribution is -2.50. The molecule has 16 heteroatoms. The number of fused-ring (bicyclic) bond motifs is 3. The summed E-state index contributed by atoms with van der Waals surface area (Å²) in [5.41, 5.74) is 3.92. The Morgan fingerprint density at radius 1 is 1.24 bits per heavy atom. The van der Waals surface area contributed by atoms with Gasteiger partial charge in [-0.1, -0.05) is 0 Å². The smallest absolute Gasteiger partial charge is 0.382 e. The highest BCUT2D eigenvalue weighted by atomic mass is 32.1. The number of carbonyl (C=O) groups excluding carboxylic acids is 1. The van der Waals surface area contributed by atoms with Gasteiger partial charge < -0.3 is 20.6 Å².